The SMILES string of the molecule is c1ccc(CCCN2CCC[C@H]2c2cncc(-n3ccnc3)n2)cc1. The van der Waals surface area contributed by atoms with Crippen LogP contribution in [-0.4, -0.2) is 37.5 Å². The third-order valence-corrected chi connectivity index (χ3v) is 4.87. The van der Waals surface area contributed by atoms with Gasteiger partial charge >= 0.3 is 0 Å². The standard InChI is InChI=1S/C20H23N5/c1-2-6-17(7-3-1)8-4-11-24-12-5-9-19(24)18-14-22-15-20(23-18)25-13-10-21-16-25/h1-3,6-7,10,13-16,19H,4-5,8-9,11-12H2/t19-/m0/s1. The summed E-state index contributed by atoms with van der Waals surface area (Å²) in [6, 6.07) is 11.1. The maximum absolute atomic E-state index is 4.83. The first kappa shape index (κ1) is 16.0. The molecule has 3 aromatic rings. The minimum atomic E-state index is 0.381. The highest BCUT2D eigenvalue weighted by Crippen LogP contribution is 2.30. The van der Waals surface area contributed by atoms with E-state index in [-0.39, 0.29) is 0 Å². The van der Waals surface area contributed by atoms with Crippen LogP contribution in [0.15, 0.2) is 61.4 Å². The van der Waals surface area contributed by atoms with Crippen molar-refractivity contribution >= 4 is 0 Å². The van der Waals surface area contributed by atoms with Crippen LogP contribution >= 0.6 is 0 Å². The summed E-state index contributed by atoms with van der Waals surface area (Å²) in [6.45, 7) is 2.26. The summed E-state index contributed by atoms with van der Waals surface area (Å²) in [5, 5.41) is 0. The predicted octanol–water partition coefficient (Wildman–Crippen LogP) is 3.43. The lowest BCUT2D eigenvalue weighted by molar-refractivity contribution is 0.249. The molecule has 0 unspecified atom stereocenters. The molecule has 2 aromatic heterocycles. The van der Waals surface area contributed by atoms with E-state index in [4.69, 9.17) is 4.98 Å². The topological polar surface area (TPSA) is 46.8 Å². The third kappa shape index (κ3) is 3.77. The second-order valence-electron chi connectivity index (χ2n) is 6.56. The highest BCUT2D eigenvalue weighted by molar-refractivity contribution is 5.21. The molecule has 0 spiro atoms. The fraction of sp³-hybridized carbons (Fsp3) is 0.350. The Morgan fingerprint density at radius 3 is 2.84 bits per heavy atom. The molecule has 3 heterocycles. The Morgan fingerprint density at radius 2 is 2.00 bits per heavy atom. The molecule has 25 heavy (non-hydrogen) atoms. The van der Waals surface area contributed by atoms with Crippen molar-refractivity contribution < 1.29 is 0 Å². The van der Waals surface area contributed by atoms with Crippen LogP contribution in [0.4, 0.5) is 0 Å². The molecule has 4 rings (SSSR count). The maximum Gasteiger partial charge on any atom is 0.156 e. The molecule has 0 amide bonds. The maximum atomic E-state index is 4.83. The molecule has 1 atom stereocenters. The lowest BCUT2D eigenvalue weighted by Gasteiger charge is -2.24. The first-order chi connectivity index (χ1) is 12.4. The Hall–Kier alpha value is -2.53. The molecule has 1 aliphatic heterocycles. The summed E-state index contributed by atoms with van der Waals surface area (Å²) >= 11 is 0. The van der Waals surface area contributed by atoms with Gasteiger partial charge in [0, 0.05) is 12.4 Å². The van der Waals surface area contributed by atoms with E-state index in [0.717, 1.165) is 37.4 Å². The third-order valence-electron chi connectivity index (χ3n) is 4.87. The molecule has 0 aliphatic carbocycles. The zero-order valence-electron chi connectivity index (χ0n) is 14.3. The predicted molar refractivity (Wildman–Crippen MR) is 97.5 cm³/mol. The van der Waals surface area contributed by atoms with E-state index in [1.54, 1.807) is 18.7 Å². The zero-order valence-corrected chi connectivity index (χ0v) is 14.3. The van der Waals surface area contributed by atoms with Gasteiger partial charge in [0.15, 0.2) is 5.82 Å². The second-order valence-corrected chi connectivity index (χ2v) is 6.56. The van der Waals surface area contributed by atoms with E-state index in [0.29, 0.717) is 6.04 Å². The van der Waals surface area contributed by atoms with Crippen molar-refractivity contribution in [2.45, 2.75) is 31.7 Å². The number of likely N-dealkylation sites (tertiary alicyclic amines) is 1. The van der Waals surface area contributed by atoms with E-state index in [9.17, 15) is 0 Å². The Morgan fingerprint density at radius 1 is 1.08 bits per heavy atom. The van der Waals surface area contributed by atoms with Crippen molar-refractivity contribution in [2.75, 3.05) is 13.1 Å². The summed E-state index contributed by atoms with van der Waals surface area (Å²) in [6.07, 6.45) is 13.8. The van der Waals surface area contributed by atoms with Crippen LogP contribution in [0.2, 0.25) is 0 Å². The van der Waals surface area contributed by atoms with Gasteiger partial charge in [-0.1, -0.05) is 30.3 Å². The normalized spacial score (nSPS) is 17.8. The minimum Gasteiger partial charge on any atom is -0.295 e. The van der Waals surface area contributed by atoms with Crippen LogP contribution in [0.5, 0.6) is 0 Å². The van der Waals surface area contributed by atoms with Crippen molar-refractivity contribution in [3.63, 3.8) is 0 Å². The van der Waals surface area contributed by atoms with Gasteiger partial charge in [0.2, 0.25) is 0 Å². The summed E-state index contributed by atoms with van der Waals surface area (Å²) < 4.78 is 1.91. The highest BCUT2D eigenvalue weighted by atomic mass is 15.2. The fourth-order valence-electron chi connectivity index (χ4n) is 3.61. The number of nitrogens with zero attached hydrogens (tertiary/aromatic N) is 5. The molecule has 0 N–H and O–H groups in total. The molecule has 1 saturated heterocycles. The van der Waals surface area contributed by atoms with Gasteiger partial charge in [0.1, 0.15) is 6.33 Å². The number of benzene rings is 1. The van der Waals surface area contributed by atoms with Gasteiger partial charge in [-0.05, 0) is 44.3 Å². The lowest BCUT2D eigenvalue weighted by Crippen LogP contribution is -2.25. The Kier molecular flexibility index (Phi) is 4.84. The number of imidazole rings is 1. The van der Waals surface area contributed by atoms with E-state index in [1.165, 1.54) is 18.4 Å². The number of rotatable bonds is 6. The monoisotopic (exact) mass is 333 g/mol. The first-order valence-corrected chi connectivity index (χ1v) is 8.98. The van der Waals surface area contributed by atoms with Crippen LogP contribution in [0, 0.1) is 0 Å². The van der Waals surface area contributed by atoms with Crippen molar-refractivity contribution in [3.05, 3.63) is 72.7 Å². The van der Waals surface area contributed by atoms with Crippen LogP contribution in [0.25, 0.3) is 5.82 Å². The van der Waals surface area contributed by atoms with Crippen molar-refractivity contribution in [2.24, 2.45) is 0 Å². The van der Waals surface area contributed by atoms with Crippen molar-refractivity contribution in [3.8, 4) is 5.82 Å². The van der Waals surface area contributed by atoms with Gasteiger partial charge in [-0.25, -0.2) is 9.97 Å². The molecule has 1 aromatic carbocycles. The van der Waals surface area contributed by atoms with Crippen molar-refractivity contribution in [1.29, 1.82) is 0 Å². The summed E-state index contributed by atoms with van der Waals surface area (Å²) in [7, 11) is 0. The van der Waals surface area contributed by atoms with Gasteiger partial charge in [-0.2, -0.15) is 0 Å². The molecular formula is C20H23N5. The van der Waals surface area contributed by atoms with Crippen LogP contribution in [0.3, 0.4) is 0 Å². The van der Waals surface area contributed by atoms with Gasteiger partial charge in [-0.3, -0.25) is 14.5 Å². The smallest absolute Gasteiger partial charge is 0.156 e. The average Bonchev–Trinajstić information content (AvgIpc) is 3.35. The molecule has 1 aliphatic rings. The molecule has 0 bridgehead atoms. The summed E-state index contributed by atoms with van der Waals surface area (Å²) in [5.74, 6) is 0.839. The molecule has 1 fully saturated rings. The molecule has 128 valence electrons. The van der Waals surface area contributed by atoms with Crippen LogP contribution < -0.4 is 0 Å². The van der Waals surface area contributed by atoms with E-state index in [2.05, 4.69) is 45.2 Å². The van der Waals surface area contributed by atoms with Gasteiger partial charge in [0.05, 0.1) is 24.1 Å². The van der Waals surface area contributed by atoms with Crippen molar-refractivity contribution in [1.82, 2.24) is 24.4 Å². The van der Waals surface area contributed by atoms with Crippen LogP contribution in [-0.2, 0) is 6.42 Å². The first-order valence-electron chi connectivity index (χ1n) is 8.98. The second kappa shape index (κ2) is 7.57. The Balaban J connectivity index is 1.42. The van der Waals surface area contributed by atoms with Gasteiger partial charge in [0.25, 0.3) is 0 Å². The summed E-state index contributed by atoms with van der Waals surface area (Å²) in [5.41, 5.74) is 2.49. The molecule has 5 heteroatoms. The number of aryl methyl sites for hydroxylation is 1. The molecule has 0 radical (unpaired) electrons. The number of hydrogen-bond acceptors (Lipinski definition) is 4. The van der Waals surface area contributed by atoms with Gasteiger partial charge in [-0.15, -0.1) is 0 Å². The molecule has 5 nitrogen and oxygen atoms in total. The quantitative estimate of drug-likeness (QED) is 0.693. The largest absolute Gasteiger partial charge is 0.295 e. The molecular weight excluding hydrogens is 310 g/mol. The molecule has 0 saturated carbocycles. The lowest BCUT2D eigenvalue weighted by atomic mass is 10.1. The Labute approximate surface area is 148 Å². The average molecular weight is 333 g/mol. The fourth-order valence-corrected chi connectivity index (χ4v) is 3.61. The van der Waals surface area contributed by atoms with E-state index >= 15 is 0 Å². The number of hydrogen-bond donors (Lipinski definition) is 0. The van der Waals surface area contributed by atoms with E-state index < -0.39 is 0 Å². The van der Waals surface area contributed by atoms with E-state index in [1.807, 2.05) is 17.0 Å². The van der Waals surface area contributed by atoms with Crippen LogP contribution in [0.1, 0.15) is 36.6 Å². The van der Waals surface area contributed by atoms with Gasteiger partial charge < -0.3 is 0 Å². The Bertz CT molecular complexity index is 785. The highest BCUT2D eigenvalue weighted by Gasteiger charge is 2.27. The zero-order chi connectivity index (χ0) is 16.9. The minimum absolute atomic E-state index is 0.381. The summed E-state index contributed by atoms with van der Waals surface area (Å²) in [4.78, 5) is 15.9. The number of aromatic nitrogens is 4.